The summed E-state index contributed by atoms with van der Waals surface area (Å²) in [5.74, 6) is 0.455. The lowest BCUT2D eigenvalue weighted by Gasteiger charge is -2.05. The van der Waals surface area contributed by atoms with Crippen LogP contribution in [0.5, 0.6) is 5.88 Å². The summed E-state index contributed by atoms with van der Waals surface area (Å²) in [4.78, 5) is 4.02. The average molecular weight is 204 g/mol. The molecule has 3 heteroatoms. The Hall–Kier alpha value is -1.56. The molecule has 0 radical (unpaired) electrons. The van der Waals surface area contributed by atoms with Crippen LogP contribution in [-0.4, -0.2) is 11.6 Å². The zero-order valence-electron chi connectivity index (χ0n) is 9.07. The number of rotatable bonds is 6. The van der Waals surface area contributed by atoms with E-state index in [9.17, 15) is 0 Å². The second-order valence-electron chi connectivity index (χ2n) is 3.38. The van der Waals surface area contributed by atoms with Gasteiger partial charge >= 0.3 is 0 Å². The van der Waals surface area contributed by atoms with Gasteiger partial charge in [-0.05, 0) is 18.6 Å². The predicted molar refractivity (Wildman–Crippen MR) is 58.6 cm³/mol. The van der Waals surface area contributed by atoms with Crippen molar-refractivity contribution in [2.24, 2.45) is 0 Å². The molecule has 0 aliphatic heterocycles. The highest BCUT2D eigenvalue weighted by atomic mass is 16.5. The molecule has 0 atom stereocenters. The van der Waals surface area contributed by atoms with Crippen LogP contribution < -0.4 is 4.74 Å². The van der Waals surface area contributed by atoms with Crippen molar-refractivity contribution in [3.05, 3.63) is 23.9 Å². The first kappa shape index (κ1) is 11.5. The molecule has 80 valence electrons. The number of hydrogen-bond acceptors (Lipinski definition) is 3. The van der Waals surface area contributed by atoms with Crippen LogP contribution in [0.1, 0.15) is 38.2 Å². The van der Waals surface area contributed by atoms with Crippen LogP contribution in [0.3, 0.4) is 0 Å². The second-order valence-corrected chi connectivity index (χ2v) is 3.38. The van der Waals surface area contributed by atoms with Crippen molar-refractivity contribution >= 4 is 0 Å². The van der Waals surface area contributed by atoms with E-state index in [1.807, 2.05) is 0 Å². The van der Waals surface area contributed by atoms with Crippen molar-refractivity contribution in [1.29, 1.82) is 5.26 Å². The number of hydrogen-bond donors (Lipinski definition) is 0. The smallest absolute Gasteiger partial charge is 0.231 e. The van der Waals surface area contributed by atoms with E-state index in [-0.39, 0.29) is 0 Å². The van der Waals surface area contributed by atoms with E-state index in [0.29, 0.717) is 18.1 Å². The Kier molecular flexibility index (Phi) is 5.24. The summed E-state index contributed by atoms with van der Waals surface area (Å²) >= 11 is 0. The van der Waals surface area contributed by atoms with Gasteiger partial charge in [0.2, 0.25) is 5.88 Å². The minimum Gasteiger partial charge on any atom is -0.477 e. The molecule has 0 saturated heterocycles. The molecule has 0 N–H and O–H groups in total. The third kappa shape index (κ3) is 3.99. The van der Waals surface area contributed by atoms with E-state index in [0.717, 1.165) is 6.42 Å². The van der Waals surface area contributed by atoms with Gasteiger partial charge in [-0.3, -0.25) is 0 Å². The number of pyridine rings is 1. The average Bonchev–Trinajstić information content (AvgIpc) is 2.29. The number of nitrogens with zero attached hydrogens (tertiary/aromatic N) is 2. The third-order valence-corrected chi connectivity index (χ3v) is 2.13. The van der Waals surface area contributed by atoms with Crippen molar-refractivity contribution in [3.8, 4) is 11.9 Å². The zero-order chi connectivity index (χ0) is 10.9. The predicted octanol–water partition coefficient (Wildman–Crippen LogP) is 2.91. The van der Waals surface area contributed by atoms with Crippen LogP contribution in [0, 0.1) is 11.3 Å². The highest BCUT2D eigenvalue weighted by molar-refractivity contribution is 5.36. The van der Waals surface area contributed by atoms with E-state index >= 15 is 0 Å². The van der Waals surface area contributed by atoms with Crippen LogP contribution in [0.4, 0.5) is 0 Å². The molecular formula is C12H16N2O. The maximum Gasteiger partial charge on any atom is 0.231 e. The first-order valence-corrected chi connectivity index (χ1v) is 5.36. The Morgan fingerprint density at radius 3 is 3.00 bits per heavy atom. The van der Waals surface area contributed by atoms with Gasteiger partial charge in [-0.25, -0.2) is 4.98 Å². The molecule has 15 heavy (non-hydrogen) atoms. The van der Waals surface area contributed by atoms with Crippen LogP contribution in [-0.2, 0) is 0 Å². The highest BCUT2D eigenvalue weighted by Crippen LogP contribution is 2.13. The molecule has 0 unspecified atom stereocenters. The second kappa shape index (κ2) is 6.83. The van der Waals surface area contributed by atoms with Crippen molar-refractivity contribution in [2.75, 3.05) is 6.61 Å². The highest BCUT2D eigenvalue weighted by Gasteiger charge is 2.02. The molecule has 0 bridgehead atoms. The Bertz CT molecular complexity index is 331. The van der Waals surface area contributed by atoms with Gasteiger partial charge in [-0.2, -0.15) is 5.26 Å². The molecule has 1 aromatic heterocycles. The number of ether oxygens (including phenoxy) is 1. The third-order valence-electron chi connectivity index (χ3n) is 2.13. The van der Waals surface area contributed by atoms with Gasteiger partial charge in [0.25, 0.3) is 0 Å². The van der Waals surface area contributed by atoms with Crippen LogP contribution in [0.15, 0.2) is 18.3 Å². The quantitative estimate of drug-likeness (QED) is 0.669. The summed E-state index contributed by atoms with van der Waals surface area (Å²) in [6.07, 6.45) is 6.28. The first-order valence-electron chi connectivity index (χ1n) is 5.36. The summed E-state index contributed by atoms with van der Waals surface area (Å²) in [5, 5.41) is 8.79. The zero-order valence-corrected chi connectivity index (χ0v) is 9.07. The summed E-state index contributed by atoms with van der Waals surface area (Å²) < 4.78 is 5.44. The molecule has 1 heterocycles. The lowest BCUT2D eigenvalue weighted by molar-refractivity contribution is 0.293. The molecule has 0 fully saturated rings. The van der Waals surface area contributed by atoms with Gasteiger partial charge in [0, 0.05) is 6.20 Å². The van der Waals surface area contributed by atoms with Gasteiger partial charge in [0.15, 0.2) is 0 Å². The lowest BCUT2D eigenvalue weighted by Crippen LogP contribution is -2.00. The van der Waals surface area contributed by atoms with Crippen molar-refractivity contribution in [2.45, 2.75) is 32.6 Å². The summed E-state index contributed by atoms with van der Waals surface area (Å²) in [5.41, 5.74) is 0.507. The summed E-state index contributed by atoms with van der Waals surface area (Å²) in [7, 11) is 0. The van der Waals surface area contributed by atoms with Gasteiger partial charge in [0.1, 0.15) is 11.6 Å². The molecule has 0 aliphatic carbocycles. The maximum absolute atomic E-state index is 8.79. The van der Waals surface area contributed by atoms with E-state index in [1.54, 1.807) is 18.3 Å². The number of aromatic nitrogens is 1. The van der Waals surface area contributed by atoms with E-state index in [2.05, 4.69) is 18.0 Å². The lowest BCUT2D eigenvalue weighted by atomic mass is 10.2. The molecule has 0 saturated carbocycles. The molecular weight excluding hydrogens is 188 g/mol. The molecule has 1 rings (SSSR count). The minimum absolute atomic E-state index is 0.455. The monoisotopic (exact) mass is 204 g/mol. The molecule has 0 spiro atoms. The van der Waals surface area contributed by atoms with Gasteiger partial charge in [0.05, 0.1) is 6.61 Å². The Morgan fingerprint density at radius 1 is 1.40 bits per heavy atom. The molecule has 1 aromatic rings. The SMILES string of the molecule is CCCCCCOc1ncccc1C#N. The Morgan fingerprint density at radius 2 is 2.27 bits per heavy atom. The topological polar surface area (TPSA) is 45.9 Å². The normalized spacial score (nSPS) is 9.60. The maximum atomic E-state index is 8.79. The van der Waals surface area contributed by atoms with Gasteiger partial charge in [-0.1, -0.05) is 26.2 Å². The number of unbranched alkanes of at least 4 members (excludes halogenated alkanes) is 3. The molecule has 3 nitrogen and oxygen atoms in total. The molecule has 0 amide bonds. The Labute approximate surface area is 90.7 Å². The summed E-state index contributed by atoms with van der Waals surface area (Å²) in [6.45, 7) is 2.82. The van der Waals surface area contributed by atoms with Gasteiger partial charge in [-0.15, -0.1) is 0 Å². The number of nitriles is 1. The van der Waals surface area contributed by atoms with E-state index in [1.165, 1.54) is 19.3 Å². The first-order chi connectivity index (χ1) is 7.38. The fraction of sp³-hybridized carbons (Fsp3) is 0.500. The van der Waals surface area contributed by atoms with Crippen LogP contribution >= 0.6 is 0 Å². The van der Waals surface area contributed by atoms with E-state index < -0.39 is 0 Å². The summed E-state index contributed by atoms with van der Waals surface area (Å²) in [6, 6.07) is 5.52. The van der Waals surface area contributed by atoms with Crippen LogP contribution in [0.25, 0.3) is 0 Å². The molecule has 0 aliphatic rings. The van der Waals surface area contributed by atoms with Crippen molar-refractivity contribution < 1.29 is 4.74 Å². The fourth-order valence-electron chi connectivity index (χ4n) is 1.29. The standard InChI is InChI=1S/C12H16N2O/c1-2-3-4-5-9-15-12-11(10-13)7-6-8-14-12/h6-8H,2-5,9H2,1H3. The largest absolute Gasteiger partial charge is 0.477 e. The fourth-order valence-corrected chi connectivity index (χ4v) is 1.29. The van der Waals surface area contributed by atoms with Crippen molar-refractivity contribution in [3.63, 3.8) is 0 Å². The van der Waals surface area contributed by atoms with Crippen molar-refractivity contribution in [1.82, 2.24) is 4.98 Å². The van der Waals surface area contributed by atoms with Gasteiger partial charge < -0.3 is 4.74 Å². The van der Waals surface area contributed by atoms with E-state index in [4.69, 9.17) is 10.00 Å². The van der Waals surface area contributed by atoms with Crippen LogP contribution in [0.2, 0.25) is 0 Å². The minimum atomic E-state index is 0.455. The molecule has 0 aromatic carbocycles. The Balaban J connectivity index is 2.34.